The van der Waals surface area contributed by atoms with E-state index in [1.54, 1.807) is 0 Å². The molecule has 21 heavy (non-hydrogen) atoms. The molecule has 3 aromatic rings. The highest BCUT2D eigenvalue weighted by Gasteiger charge is 2.09. The highest BCUT2D eigenvalue weighted by atomic mass is 16.5. The first kappa shape index (κ1) is 13.6. The molecular weight excluding hydrogens is 262 g/mol. The molecule has 0 saturated carbocycles. The quantitative estimate of drug-likeness (QED) is 0.799. The van der Waals surface area contributed by atoms with Gasteiger partial charge in [0.05, 0.1) is 5.52 Å². The first-order valence-electron chi connectivity index (χ1n) is 7.04. The van der Waals surface area contributed by atoms with Crippen molar-refractivity contribution in [3.05, 3.63) is 59.8 Å². The summed E-state index contributed by atoms with van der Waals surface area (Å²) in [4.78, 5) is 0. The zero-order valence-corrected chi connectivity index (χ0v) is 12.3. The summed E-state index contributed by atoms with van der Waals surface area (Å²) in [5.41, 5.74) is 9.02. The fourth-order valence-electron chi connectivity index (χ4n) is 2.43. The minimum Gasteiger partial charge on any atom is -0.487 e. The summed E-state index contributed by atoms with van der Waals surface area (Å²) in [6.07, 6.45) is 0. The Morgan fingerprint density at radius 2 is 2.00 bits per heavy atom. The highest BCUT2D eigenvalue weighted by molar-refractivity contribution is 5.81. The van der Waals surface area contributed by atoms with E-state index in [0.29, 0.717) is 6.61 Å². The Labute approximate surface area is 124 Å². The van der Waals surface area contributed by atoms with E-state index in [2.05, 4.69) is 17.2 Å². The van der Waals surface area contributed by atoms with Crippen molar-refractivity contribution in [2.75, 3.05) is 0 Å². The fourth-order valence-corrected chi connectivity index (χ4v) is 2.43. The minimum atomic E-state index is 0.00392. The van der Waals surface area contributed by atoms with Crippen LogP contribution in [-0.4, -0.2) is 9.78 Å². The lowest BCUT2D eigenvalue weighted by Crippen LogP contribution is -2.05. The second kappa shape index (κ2) is 5.58. The van der Waals surface area contributed by atoms with Crippen LogP contribution in [0.2, 0.25) is 0 Å². The van der Waals surface area contributed by atoms with Crippen molar-refractivity contribution in [1.29, 1.82) is 0 Å². The Hall–Kier alpha value is -2.33. The second-order valence-corrected chi connectivity index (χ2v) is 5.24. The van der Waals surface area contributed by atoms with Gasteiger partial charge in [0.25, 0.3) is 0 Å². The molecule has 108 valence electrons. The van der Waals surface area contributed by atoms with Gasteiger partial charge in [-0.3, -0.25) is 4.68 Å². The number of fused-ring (bicyclic) bond motifs is 1. The number of benzene rings is 2. The van der Waals surface area contributed by atoms with Gasteiger partial charge in [0, 0.05) is 18.5 Å². The Balaban J connectivity index is 1.82. The van der Waals surface area contributed by atoms with E-state index in [-0.39, 0.29) is 6.04 Å². The van der Waals surface area contributed by atoms with Gasteiger partial charge in [-0.15, -0.1) is 0 Å². The van der Waals surface area contributed by atoms with Crippen LogP contribution in [0.15, 0.2) is 48.5 Å². The Morgan fingerprint density at radius 3 is 2.81 bits per heavy atom. The molecule has 0 aliphatic rings. The molecule has 0 amide bonds. The lowest BCUT2D eigenvalue weighted by atomic mass is 10.1. The third kappa shape index (κ3) is 2.76. The molecule has 0 bridgehead atoms. The van der Waals surface area contributed by atoms with E-state index < -0.39 is 0 Å². The van der Waals surface area contributed by atoms with Gasteiger partial charge in [0.2, 0.25) is 0 Å². The summed E-state index contributed by atoms with van der Waals surface area (Å²) in [6, 6.07) is 16.1. The van der Waals surface area contributed by atoms with Crippen LogP contribution in [0.3, 0.4) is 0 Å². The summed E-state index contributed by atoms with van der Waals surface area (Å²) < 4.78 is 7.75. The van der Waals surface area contributed by atoms with Gasteiger partial charge >= 0.3 is 0 Å². The maximum atomic E-state index is 5.90. The zero-order valence-electron chi connectivity index (χ0n) is 12.3. The van der Waals surface area contributed by atoms with Gasteiger partial charge in [0.1, 0.15) is 18.1 Å². The molecule has 0 aliphatic carbocycles. The number of nitrogens with zero attached hydrogens (tertiary/aromatic N) is 2. The molecule has 0 fully saturated rings. The number of para-hydroxylation sites is 1. The van der Waals surface area contributed by atoms with Gasteiger partial charge in [0.15, 0.2) is 0 Å². The first-order chi connectivity index (χ1) is 10.1. The van der Waals surface area contributed by atoms with Crippen molar-refractivity contribution in [3.63, 3.8) is 0 Å². The third-order valence-electron chi connectivity index (χ3n) is 3.59. The monoisotopic (exact) mass is 281 g/mol. The Kier molecular flexibility index (Phi) is 3.62. The molecule has 0 saturated heterocycles. The average molecular weight is 281 g/mol. The van der Waals surface area contributed by atoms with E-state index in [0.717, 1.165) is 27.9 Å². The average Bonchev–Trinajstić information content (AvgIpc) is 2.82. The number of hydrogen-bond donors (Lipinski definition) is 1. The largest absolute Gasteiger partial charge is 0.487 e. The summed E-state index contributed by atoms with van der Waals surface area (Å²) in [6.45, 7) is 2.41. The van der Waals surface area contributed by atoms with Crippen LogP contribution in [0.4, 0.5) is 0 Å². The zero-order chi connectivity index (χ0) is 14.8. The van der Waals surface area contributed by atoms with Crippen LogP contribution in [0.1, 0.15) is 24.2 Å². The van der Waals surface area contributed by atoms with Crippen molar-refractivity contribution < 1.29 is 4.74 Å². The van der Waals surface area contributed by atoms with Gasteiger partial charge in [-0.05, 0) is 30.7 Å². The first-order valence-corrected chi connectivity index (χ1v) is 7.04. The maximum absolute atomic E-state index is 5.90. The van der Waals surface area contributed by atoms with Crippen molar-refractivity contribution in [2.24, 2.45) is 12.8 Å². The standard InChI is InChI=1S/C17H19N3O/c1-12(18)13-6-5-7-14(10-13)21-11-16-15-8-3-4-9-17(15)20(2)19-16/h3-10,12H,11,18H2,1-2H3/t12-/m0/s1. The molecule has 2 aromatic carbocycles. The lowest BCUT2D eigenvalue weighted by molar-refractivity contribution is 0.301. The third-order valence-corrected chi connectivity index (χ3v) is 3.59. The molecule has 1 atom stereocenters. The van der Waals surface area contributed by atoms with E-state index in [4.69, 9.17) is 10.5 Å². The van der Waals surface area contributed by atoms with Crippen molar-refractivity contribution in [1.82, 2.24) is 9.78 Å². The number of rotatable bonds is 4. The van der Waals surface area contributed by atoms with Crippen molar-refractivity contribution in [2.45, 2.75) is 19.6 Å². The normalized spacial score (nSPS) is 12.5. The predicted molar refractivity (Wildman–Crippen MR) is 84.1 cm³/mol. The van der Waals surface area contributed by atoms with Gasteiger partial charge in [-0.25, -0.2) is 0 Å². The van der Waals surface area contributed by atoms with Gasteiger partial charge in [-0.2, -0.15) is 5.10 Å². The maximum Gasteiger partial charge on any atom is 0.133 e. The van der Waals surface area contributed by atoms with Crippen LogP contribution in [0, 0.1) is 0 Å². The molecule has 2 N–H and O–H groups in total. The number of hydrogen-bond acceptors (Lipinski definition) is 3. The van der Waals surface area contributed by atoms with Crippen molar-refractivity contribution in [3.8, 4) is 5.75 Å². The number of ether oxygens (including phenoxy) is 1. The van der Waals surface area contributed by atoms with E-state index in [9.17, 15) is 0 Å². The predicted octanol–water partition coefficient (Wildman–Crippen LogP) is 3.17. The molecule has 0 aliphatic heterocycles. The molecular formula is C17H19N3O. The molecule has 1 heterocycles. The van der Waals surface area contributed by atoms with E-state index >= 15 is 0 Å². The van der Waals surface area contributed by atoms with Crippen LogP contribution in [0.25, 0.3) is 10.9 Å². The number of aryl methyl sites for hydroxylation is 1. The van der Waals surface area contributed by atoms with E-state index in [1.165, 1.54) is 0 Å². The molecule has 0 spiro atoms. The molecule has 3 rings (SSSR count). The number of nitrogens with two attached hydrogens (primary N) is 1. The molecule has 4 heteroatoms. The highest BCUT2D eigenvalue weighted by Crippen LogP contribution is 2.21. The topological polar surface area (TPSA) is 53.1 Å². The summed E-state index contributed by atoms with van der Waals surface area (Å²) >= 11 is 0. The smallest absolute Gasteiger partial charge is 0.133 e. The van der Waals surface area contributed by atoms with Crippen LogP contribution in [0.5, 0.6) is 5.75 Å². The minimum absolute atomic E-state index is 0.00392. The number of aromatic nitrogens is 2. The summed E-state index contributed by atoms with van der Waals surface area (Å²) in [5.74, 6) is 0.819. The Morgan fingerprint density at radius 1 is 1.19 bits per heavy atom. The van der Waals surface area contributed by atoms with Crippen molar-refractivity contribution >= 4 is 10.9 Å². The summed E-state index contributed by atoms with van der Waals surface area (Å²) in [7, 11) is 1.95. The molecule has 0 radical (unpaired) electrons. The molecule has 1 aromatic heterocycles. The molecule has 0 unspecified atom stereocenters. The van der Waals surface area contributed by atoms with Crippen LogP contribution in [-0.2, 0) is 13.7 Å². The van der Waals surface area contributed by atoms with Crippen LogP contribution >= 0.6 is 0 Å². The summed E-state index contributed by atoms with van der Waals surface area (Å²) in [5, 5.41) is 5.66. The SMILES string of the molecule is C[C@H](N)c1cccc(OCc2nn(C)c3ccccc23)c1. The lowest BCUT2D eigenvalue weighted by Gasteiger charge is -2.09. The fraction of sp³-hybridized carbons (Fsp3) is 0.235. The second-order valence-electron chi connectivity index (χ2n) is 5.24. The van der Waals surface area contributed by atoms with Gasteiger partial charge in [-0.1, -0.05) is 30.3 Å². The van der Waals surface area contributed by atoms with E-state index in [1.807, 2.05) is 55.1 Å². The Bertz CT molecular complexity index is 762. The van der Waals surface area contributed by atoms with Crippen LogP contribution < -0.4 is 10.5 Å². The van der Waals surface area contributed by atoms with Gasteiger partial charge < -0.3 is 10.5 Å². The molecule has 4 nitrogen and oxygen atoms in total.